The molecule has 0 radical (unpaired) electrons. The minimum atomic E-state index is -4.82. The number of rotatable bonds is 6. The number of hydrogen-bond donors (Lipinski definition) is 2. The lowest BCUT2D eigenvalue weighted by molar-refractivity contribution is -0.138. The van der Waals surface area contributed by atoms with Crippen molar-refractivity contribution < 1.29 is 31.5 Å². The van der Waals surface area contributed by atoms with Crippen LogP contribution in [0.1, 0.15) is 28.4 Å². The molecule has 1 aromatic heterocycles. The van der Waals surface area contributed by atoms with E-state index in [0.717, 1.165) is 18.2 Å². The Morgan fingerprint density at radius 3 is 2.26 bits per heavy atom. The number of carbonyl (C=O) groups excluding carboxylic acids is 2. The summed E-state index contributed by atoms with van der Waals surface area (Å²) in [7, 11) is 0. The van der Waals surface area contributed by atoms with Gasteiger partial charge in [0.25, 0.3) is 11.8 Å². The predicted octanol–water partition coefficient (Wildman–Crippen LogP) is 5.90. The highest BCUT2D eigenvalue weighted by atomic mass is 35.5. The molecule has 0 unspecified atom stereocenters. The monoisotopic (exact) mass is 497 g/mol. The number of carbonyl (C=O) groups is 2. The number of hydrogen-bond acceptors (Lipinski definition) is 3. The normalized spacial score (nSPS) is 11.7. The van der Waals surface area contributed by atoms with Crippen LogP contribution in [0.25, 0.3) is 11.1 Å². The summed E-state index contributed by atoms with van der Waals surface area (Å²) in [6, 6.07) is 10.7. The van der Waals surface area contributed by atoms with E-state index in [9.17, 15) is 31.5 Å². The van der Waals surface area contributed by atoms with Crippen molar-refractivity contribution in [2.75, 3.05) is 11.9 Å². The number of pyridine rings is 1. The number of anilines is 1. The smallest absolute Gasteiger partial charge is 0.346 e. The van der Waals surface area contributed by atoms with Gasteiger partial charge in [-0.05, 0) is 41.5 Å². The highest BCUT2D eigenvalue weighted by Gasteiger charge is 2.37. The molecule has 3 aromatic rings. The number of benzene rings is 2. The van der Waals surface area contributed by atoms with Crippen LogP contribution in [0.2, 0.25) is 5.02 Å². The van der Waals surface area contributed by atoms with Crippen LogP contribution in [0.3, 0.4) is 0 Å². The third-order valence-electron chi connectivity index (χ3n) is 4.71. The average Bonchev–Trinajstić information content (AvgIpc) is 2.76. The lowest BCUT2D eigenvalue weighted by Crippen LogP contribution is -2.36. The van der Waals surface area contributed by atoms with Crippen LogP contribution in [-0.4, -0.2) is 23.3 Å². The van der Waals surface area contributed by atoms with Crippen LogP contribution in [-0.2, 0) is 16.9 Å². The summed E-state index contributed by atoms with van der Waals surface area (Å²) in [6.45, 7) is 0.0433. The first-order valence-corrected chi connectivity index (χ1v) is 10.1. The Morgan fingerprint density at radius 1 is 0.941 bits per heavy atom. The number of halogens is 6. The molecule has 178 valence electrons. The lowest BCUT2D eigenvalue weighted by atomic mass is 10.0. The zero-order valence-electron chi connectivity index (χ0n) is 17.5. The van der Waals surface area contributed by atoms with E-state index in [1.54, 1.807) is 6.07 Å². The molecule has 5 nitrogen and oxygen atoms in total. The molecule has 2 amide bonds. The fourth-order valence-electron chi connectivity index (χ4n) is 3.16. The molecule has 11 heteroatoms. The molecule has 3 rings (SSSR count). The highest BCUT2D eigenvalue weighted by molar-refractivity contribution is 6.31. The molecule has 0 spiro atoms. The molecule has 0 saturated heterocycles. The van der Waals surface area contributed by atoms with Gasteiger partial charge in [-0.2, -0.15) is 22.0 Å². The van der Waals surface area contributed by atoms with E-state index >= 15 is 0 Å². The summed E-state index contributed by atoms with van der Waals surface area (Å²) in [4.78, 5) is 27.4. The van der Waals surface area contributed by atoms with E-state index in [4.69, 9.17) is 11.6 Å². The van der Waals surface area contributed by atoms with E-state index in [1.165, 1.54) is 37.4 Å². The van der Waals surface area contributed by atoms with Crippen molar-refractivity contribution in [3.63, 3.8) is 0 Å². The maximum atomic E-state index is 14.8. The summed E-state index contributed by atoms with van der Waals surface area (Å²) < 4.78 is 68.9. The molecule has 1 heterocycles. The zero-order valence-corrected chi connectivity index (χ0v) is 18.3. The number of alkyl halides is 5. The molecular weight excluding hydrogens is 481 g/mol. The summed E-state index contributed by atoms with van der Waals surface area (Å²) in [6.07, 6.45) is -3.40. The second-order valence-electron chi connectivity index (χ2n) is 7.24. The molecule has 34 heavy (non-hydrogen) atoms. The molecule has 0 atom stereocenters. The molecular formula is C23H17ClF5N3O2. The predicted molar refractivity (Wildman–Crippen MR) is 117 cm³/mol. The first-order chi connectivity index (χ1) is 15.9. The number of amides is 2. The highest BCUT2D eigenvalue weighted by Crippen LogP contribution is 2.36. The first kappa shape index (κ1) is 25.1. The Bertz CT molecular complexity index is 1230. The second kappa shape index (κ2) is 9.76. The SMILES string of the molecule is CC(=O)Nc1cc(-c2ccc(C(F)(F)CNC(=O)c3ccccc3C(F)(F)F)c(Cl)c2)ccn1. The van der Waals surface area contributed by atoms with Crippen molar-refractivity contribution in [3.8, 4) is 11.1 Å². The Kier molecular flexibility index (Phi) is 7.21. The van der Waals surface area contributed by atoms with Crippen LogP contribution in [0.4, 0.5) is 27.8 Å². The average molecular weight is 498 g/mol. The number of nitrogens with one attached hydrogen (secondary N) is 2. The molecule has 0 fully saturated rings. The molecule has 2 N–H and O–H groups in total. The van der Waals surface area contributed by atoms with Crippen molar-refractivity contribution in [2.45, 2.75) is 19.0 Å². The minimum absolute atomic E-state index is 0.261. The quantitative estimate of drug-likeness (QED) is 0.416. The van der Waals surface area contributed by atoms with Crippen LogP contribution >= 0.6 is 11.6 Å². The lowest BCUT2D eigenvalue weighted by Gasteiger charge is -2.20. The van der Waals surface area contributed by atoms with Crippen LogP contribution in [0.15, 0.2) is 60.8 Å². The summed E-state index contributed by atoms with van der Waals surface area (Å²) in [5.74, 6) is -5.03. The van der Waals surface area contributed by atoms with Crippen LogP contribution < -0.4 is 10.6 Å². The van der Waals surface area contributed by atoms with E-state index in [2.05, 4.69) is 10.3 Å². The van der Waals surface area contributed by atoms with Gasteiger partial charge in [0, 0.05) is 18.7 Å². The minimum Gasteiger partial charge on any atom is -0.346 e. The summed E-state index contributed by atoms with van der Waals surface area (Å²) in [5, 5.41) is 4.04. The largest absolute Gasteiger partial charge is 0.417 e. The molecule has 0 aliphatic heterocycles. The van der Waals surface area contributed by atoms with Gasteiger partial charge in [-0.15, -0.1) is 0 Å². The summed E-state index contributed by atoms with van der Waals surface area (Å²) in [5.41, 5.74) is -1.60. The Labute approximate surface area is 196 Å². The topological polar surface area (TPSA) is 71.1 Å². The Morgan fingerprint density at radius 2 is 1.62 bits per heavy atom. The van der Waals surface area contributed by atoms with E-state index in [-0.39, 0.29) is 16.7 Å². The van der Waals surface area contributed by atoms with Gasteiger partial charge in [-0.1, -0.05) is 35.9 Å². The molecule has 0 aliphatic carbocycles. The second-order valence-corrected chi connectivity index (χ2v) is 7.64. The van der Waals surface area contributed by atoms with Crippen LogP contribution in [0, 0.1) is 0 Å². The zero-order chi connectivity index (χ0) is 25.1. The third kappa shape index (κ3) is 5.88. The van der Waals surface area contributed by atoms with E-state index in [1.807, 2.05) is 5.32 Å². The van der Waals surface area contributed by atoms with Gasteiger partial charge in [0.05, 0.1) is 22.7 Å². The fraction of sp³-hybridized carbons (Fsp3) is 0.174. The van der Waals surface area contributed by atoms with Crippen molar-refractivity contribution in [2.24, 2.45) is 0 Å². The standard InChI is InChI=1S/C23H17ClF5N3O2/c1-13(33)32-20-11-15(8-9-30-20)14-6-7-18(19(24)10-14)22(25,26)12-31-21(34)16-4-2-3-5-17(16)23(27,28)29/h2-11H,12H2,1H3,(H,31,34)(H,30,32,33). The number of nitrogens with zero attached hydrogens (tertiary/aromatic N) is 1. The third-order valence-corrected chi connectivity index (χ3v) is 5.02. The van der Waals surface area contributed by atoms with E-state index < -0.39 is 41.2 Å². The molecule has 0 saturated carbocycles. The van der Waals surface area contributed by atoms with Crippen LogP contribution in [0.5, 0.6) is 0 Å². The fourth-order valence-corrected chi connectivity index (χ4v) is 3.48. The van der Waals surface area contributed by atoms with Gasteiger partial charge in [-0.25, -0.2) is 4.98 Å². The Balaban J connectivity index is 1.79. The maximum Gasteiger partial charge on any atom is 0.417 e. The molecule has 2 aromatic carbocycles. The maximum absolute atomic E-state index is 14.8. The Hall–Kier alpha value is -3.53. The first-order valence-electron chi connectivity index (χ1n) is 9.75. The van der Waals surface area contributed by atoms with Gasteiger partial charge < -0.3 is 10.6 Å². The van der Waals surface area contributed by atoms with Gasteiger partial charge in [0.15, 0.2) is 0 Å². The van der Waals surface area contributed by atoms with Crippen molar-refractivity contribution >= 4 is 29.2 Å². The number of aromatic nitrogens is 1. The van der Waals surface area contributed by atoms with Crippen molar-refractivity contribution in [1.29, 1.82) is 0 Å². The van der Waals surface area contributed by atoms with E-state index in [0.29, 0.717) is 17.2 Å². The van der Waals surface area contributed by atoms with Gasteiger partial charge >= 0.3 is 6.18 Å². The van der Waals surface area contributed by atoms with Gasteiger partial charge in [0.2, 0.25) is 5.91 Å². The molecule has 0 aliphatic rings. The molecule has 0 bridgehead atoms. The van der Waals surface area contributed by atoms with Gasteiger partial charge in [0.1, 0.15) is 5.82 Å². The van der Waals surface area contributed by atoms with Crippen molar-refractivity contribution in [3.05, 3.63) is 82.5 Å². The van der Waals surface area contributed by atoms with Crippen molar-refractivity contribution in [1.82, 2.24) is 10.3 Å². The summed E-state index contributed by atoms with van der Waals surface area (Å²) >= 11 is 6.08. The van der Waals surface area contributed by atoms with Gasteiger partial charge in [-0.3, -0.25) is 9.59 Å².